The van der Waals surface area contributed by atoms with Crippen molar-refractivity contribution < 1.29 is 0 Å². The molecule has 42 heavy (non-hydrogen) atoms. The van der Waals surface area contributed by atoms with Gasteiger partial charge in [-0.3, -0.25) is 0 Å². The molecule has 0 fully saturated rings. The minimum absolute atomic E-state index is 0.0869. The Labute approximate surface area is 244 Å². The molecular formula is C41H27N. The standard InChI is InChI=1S/C41H27N/c1-41(2)35-21-18-24-10-3-4-11-26(24)39(35)31-20-19-25(22-36(31)41)42-37-17-8-7-14-29(37)34-23-33-28-13-6-5-12-27(28)30-15-9-16-32(38(30)33)40(34)42/h3-23H,1-2H3. The molecule has 0 aliphatic heterocycles. The van der Waals surface area contributed by atoms with E-state index in [0.29, 0.717) is 0 Å². The smallest absolute Gasteiger partial charge is 0.0620 e. The third kappa shape index (κ3) is 2.61. The zero-order chi connectivity index (χ0) is 27.7. The second-order valence-electron chi connectivity index (χ2n) is 12.5. The van der Waals surface area contributed by atoms with Crippen LogP contribution in [0.3, 0.4) is 0 Å². The van der Waals surface area contributed by atoms with Crippen LogP contribution in [-0.2, 0) is 5.41 Å². The summed E-state index contributed by atoms with van der Waals surface area (Å²) in [6.45, 7) is 4.77. The minimum atomic E-state index is -0.0869. The maximum Gasteiger partial charge on any atom is 0.0620 e. The van der Waals surface area contributed by atoms with E-state index in [0.717, 1.165) is 0 Å². The van der Waals surface area contributed by atoms with Crippen molar-refractivity contribution in [2.45, 2.75) is 19.3 Å². The summed E-state index contributed by atoms with van der Waals surface area (Å²) in [4.78, 5) is 0. The lowest BCUT2D eigenvalue weighted by Gasteiger charge is -2.22. The molecule has 0 unspecified atom stereocenters. The van der Waals surface area contributed by atoms with Crippen LogP contribution in [0.25, 0.3) is 82.4 Å². The summed E-state index contributed by atoms with van der Waals surface area (Å²) in [7, 11) is 0. The fourth-order valence-electron chi connectivity index (χ4n) is 8.22. The van der Waals surface area contributed by atoms with Gasteiger partial charge in [0, 0.05) is 27.3 Å². The number of hydrogen-bond donors (Lipinski definition) is 0. The molecule has 10 rings (SSSR count). The summed E-state index contributed by atoms with van der Waals surface area (Å²) < 4.78 is 2.52. The van der Waals surface area contributed by atoms with Gasteiger partial charge < -0.3 is 4.57 Å². The van der Waals surface area contributed by atoms with E-state index in [1.54, 1.807) is 0 Å². The van der Waals surface area contributed by atoms with Gasteiger partial charge in [-0.2, -0.15) is 0 Å². The molecule has 0 spiro atoms. The normalized spacial score (nSPS) is 14.1. The van der Waals surface area contributed by atoms with E-state index in [9.17, 15) is 0 Å². The van der Waals surface area contributed by atoms with E-state index < -0.39 is 0 Å². The van der Waals surface area contributed by atoms with Crippen molar-refractivity contribution in [3.63, 3.8) is 0 Å². The van der Waals surface area contributed by atoms with Crippen molar-refractivity contribution in [2.24, 2.45) is 0 Å². The molecule has 0 radical (unpaired) electrons. The number of nitrogens with zero attached hydrogens (tertiary/aromatic N) is 1. The van der Waals surface area contributed by atoms with Gasteiger partial charge in [0.1, 0.15) is 0 Å². The van der Waals surface area contributed by atoms with Crippen LogP contribution < -0.4 is 0 Å². The first-order chi connectivity index (χ1) is 20.6. The van der Waals surface area contributed by atoms with Crippen LogP contribution in [0.4, 0.5) is 0 Å². The quantitative estimate of drug-likeness (QED) is 0.198. The predicted molar refractivity (Wildman–Crippen MR) is 178 cm³/mol. The SMILES string of the molecule is CC1(C)c2cc(-n3c4ccccc4c4cc5c6c(cccc6c43)-c3ccccc3-5)ccc2-c2c1ccc1ccccc21. The van der Waals surface area contributed by atoms with Crippen LogP contribution >= 0.6 is 0 Å². The molecule has 196 valence electrons. The predicted octanol–water partition coefficient (Wildman–Crippen LogP) is 11.0. The van der Waals surface area contributed by atoms with Gasteiger partial charge in [0.15, 0.2) is 0 Å². The van der Waals surface area contributed by atoms with Crippen LogP contribution in [0, 0.1) is 0 Å². The summed E-state index contributed by atoms with van der Waals surface area (Å²) in [6, 6.07) is 47.7. The first-order valence-electron chi connectivity index (χ1n) is 14.9. The third-order valence-electron chi connectivity index (χ3n) is 10.1. The van der Waals surface area contributed by atoms with Crippen LogP contribution in [0.1, 0.15) is 25.0 Å². The third-order valence-corrected chi connectivity index (χ3v) is 10.1. The first-order valence-corrected chi connectivity index (χ1v) is 14.9. The largest absolute Gasteiger partial charge is 0.309 e. The second kappa shape index (κ2) is 7.57. The highest BCUT2D eigenvalue weighted by molar-refractivity contribution is 6.27. The lowest BCUT2D eigenvalue weighted by atomic mass is 9.82. The van der Waals surface area contributed by atoms with Gasteiger partial charge in [-0.1, -0.05) is 117 Å². The zero-order valence-corrected chi connectivity index (χ0v) is 23.6. The summed E-state index contributed by atoms with van der Waals surface area (Å²) in [5.41, 5.74) is 14.6. The molecule has 0 bridgehead atoms. The monoisotopic (exact) mass is 533 g/mol. The van der Waals surface area contributed by atoms with Gasteiger partial charge in [0.2, 0.25) is 0 Å². The molecule has 2 aliphatic carbocycles. The van der Waals surface area contributed by atoms with Gasteiger partial charge in [0.25, 0.3) is 0 Å². The topological polar surface area (TPSA) is 4.93 Å². The molecule has 8 aromatic rings. The maximum absolute atomic E-state index is 2.52. The highest BCUT2D eigenvalue weighted by Crippen LogP contribution is 2.53. The van der Waals surface area contributed by atoms with Crippen LogP contribution in [0.2, 0.25) is 0 Å². The summed E-state index contributed by atoms with van der Waals surface area (Å²) in [6.07, 6.45) is 0. The Morgan fingerprint density at radius 3 is 2.07 bits per heavy atom. The minimum Gasteiger partial charge on any atom is -0.309 e. The Hall–Kier alpha value is -5.14. The van der Waals surface area contributed by atoms with Crippen LogP contribution in [0.5, 0.6) is 0 Å². The molecular weight excluding hydrogens is 506 g/mol. The van der Waals surface area contributed by atoms with E-state index in [1.807, 2.05) is 0 Å². The van der Waals surface area contributed by atoms with Crippen molar-refractivity contribution in [1.82, 2.24) is 4.57 Å². The molecule has 1 nitrogen and oxygen atoms in total. The number of hydrogen-bond acceptors (Lipinski definition) is 0. The first kappa shape index (κ1) is 22.5. The molecule has 1 heteroatoms. The summed E-state index contributed by atoms with van der Waals surface area (Å²) in [5, 5.41) is 7.95. The average molecular weight is 534 g/mol. The fraction of sp³-hybridized carbons (Fsp3) is 0.0732. The Balaban J connectivity index is 1.32. The lowest BCUT2D eigenvalue weighted by molar-refractivity contribution is 0.660. The Morgan fingerprint density at radius 2 is 1.19 bits per heavy atom. The molecule has 1 heterocycles. The van der Waals surface area contributed by atoms with Crippen LogP contribution in [0.15, 0.2) is 127 Å². The van der Waals surface area contributed by atoms with Crippen molar-refractivity contribution in [2.75, 3.05) is 0 Å². The Kier molecular flexibility index (Phi) is 4.06. The number of para-hydroxylation sites is 1. The van der Waals surface area contributed by atoms with Gasteiger partial charge in [0.05, 0.1) is 11.0 Å². The molecule has 0 atom stereocenters. The number of benzene rings is 7. The van der Waals surface area contributed by atoms with Crippen LogP contribution in [-0.4, -0.2) is 4.57 Å². The Bertz CT molecular complexity index is 2490. The van der Waals surface area contributed by atoms with E-state index in [2.05, 4.69) is 146 Å². The maximum atomic E-state index is 2.52. The molecule has 0 saturated heterocycles. The Morgan fingerprint density at radius 1 is 0.476 bits per heavy atom. The summed E-state index contributed by atoms with van der Waals surface area (Å²) >= 11 is 0. The van der Waals surface area contributed by atoms with E-state index in [1.165, 1.54) is 93.5 Å². The van der Waals surface area contributed by atoms with E-state index in [4.69, 9.17) is 0 Å². The lowest BCUT2D eigenvalue weighted by Crippen LogP contribution is -2.15. The van der Waals surface area contributed by atoms with Crippen molar-refractivity contribution in [3.8, 4) is 39.1 Å². The molecule has 0 N–H and O–H groups in total. The molecule has 0 saturated carbocycles. The van der Waals surface area contributed by atoms with Gasteiger partial charge in [-0.05, 0) is 84.9 Å². The molecule has 7 aromatic carbocycles. The zero-order valence-electron chi connectivity index (χ0n) is 23.6. The van der Waals surface area contributed by atoms with Crippen molar-refractivity contribution >= 4 is 43.4 Å². The van der Waals surface area contributed by atoms with Gasteiger partial charge >= 0.3 is 0 Å². The van der Waals surface area contributed by atoms with Crippen molar-refractivity contribution in [1.29, 1.82) is 0 Å². The molecule has 0 amide bonds. The van der Waals surface area contributed by atoms with Gasteiger partial charge in [-0.15, -0.1) is 0 Å². The number of rotatable bonds is 1. The summed E-state index contributed by atoms with van der Waals surface area (Å²) in [5.74, 6) is 0. The average Bonchev–Trinajstić information content (AvgIpc) is 3.62. The number of fused-ring (bicyclic) bond motifs is 12. The van der Waals surface area contributed by atoms with Gasteiger partial charge in [-0.25, -0.2) is 0 Å². The van der Waals surface area contributed by atoms with Crippen molar-refractivity contribution in [3.05, 3.63) is 139 Å². The molecule has 1 aromatic heterocycles. The highest BCUT2D eigenvalue weighted by atomic mass is 15.0. The fourth-order valence-corrected chi connectivity index (χ4v) is 8.22. The highest BCUT2D eigenvalue weighted by Gasteiger charge is 2.37. The molecule has 2 aliphatic rings. The number of aromatic nitrogens is 1. The van der Waals surface area contributed by atoms with E-state index in [-0.39, 0.29) is 5.41 Å². The van der Waals surface area contributed by atoms with E-state index >= 15 is 0 Å². The second-order valence-corrected chi connectivity index (χ2v) is 12.5.